The summed E-state index contributed by atoms with van der Waals surface area (Å²) in [6.07, 6.45) is 40.4. The number of hydrogen-bond acceptors (Lipinski definition) is 0. The standard InChI is InChI=1S/2C17H31P.Pd/c2*1-15(2)13-14-18(16-9-5-3-6-10-16)17-11-7-4-8-12-17;/h2*13,16-17H,3-12,14H2,1-2H3;/q;;-2/p+2. The number of allylic oxidation sites excluding steroid dienone is 4. The van der Waals surface area contributed by atoms with Gasteiger partial charge in [0.25, 0.3) is 0 Å². The zero-order chi connectivity index (χ0) is 26.1. The van der Waals surface area contributed by atoms with E-state index in [4.69, 9.17) is 0 Å². The van der Waals surface area contributed by atoms with Crippen molar-refractivity contribution in [1.29, 1.82) is 0 Å². The Kier molecular flexibility index (Phi) is 12.8. The molecule has 0 aromatic rings. The summed E-state index contributed by atoms with van der Waals surface area (Å²) >= 11 is 1.16. The number of hydrogen-bond donors (Lipinski definition) is 0. The molecule has 3 heteroatoms. The second kappa shape index (κ2) is 15.3. The third kappa shape index (κ3) is 8.06. The Morgan fingerprint density at radius 2 is 0.703 bits per heavy atom. The van der Waals surface area contributed by atoms with Crippen molar-refractivity contribution in [3.8, 4) is 0 Å². The molecule has 220 valence electrons. The first kappa shape index (κ1) is 30.9. The zero-order valence-electron chi connectivity index (χ0n) is 25.3. The van der Waals surface area contributed by atoms with Crippen LogP contribution >= 0.6 is 10.9 Å². The normalized spacial score (nSPS) is 25.1. The fourth-order valence-electron chi connectivity index (χ4n) is 8.90. The quantitative estimate of drug-likeness (QED) is 0.127. The Hall–Kier alpha value is 1.00. The molecule has 0 bridgehead atoms. The molecule has 4 saturated carbocycles. The van der Waals surface area contributed by atoms with Gasteiger partial charge >= 0.3 is 242 Å². The van der Waals surface area contributed by atoms with Crippen LogP contribution in [0.2, 0.25) is 0 Å². The van der Waals surface area contributed by atoms with Crippen LogP contribution in [0.1, 0.15) is 156 Å². The molecule has 0 amide bonds. The predicted molar refractivity (Wildman–Crippen MR) is 173 cm³/mol. The van der Waals surface area contributed by atoms with E-state index in [1.807, 2.05) is 0 Å². The molecular formula is C34H64P2Pd. The van der Waals surface area contributed by atoms with Gasteiger partial charge < -0.3 is 0 Å². The van der Waals surface area contributed by atoms with Gasteiger partial charge in [-0.2, -0.15) is 0 Å². The third-order valence-corrected chi connectivity index (χ3v) is 45.0. The van der Waals surface area contributed by atoms with Crippen molar-refractivity contribution in [2.24, 2.45) is 0 Å². The molecule has 0 nitrogen and oxygen atoms in total. The van der Waals surface area contributed by atoms with Crippen LogP contribution in [0.3, 0.4) is 0 Å². The molecule has 0 unspecified atom stereocenters. The van der Waals surface area contributed by atoms with Crippen LogP contribution in [-0.4, -0.2) is 35.0 Å². The summed E-state index contributed by atoms with van der Waals surface area (Å²) in [6, 6.07) is 0. The SMILES string of the molecule is CC(C)=CC[PH]([Pd][PH](CC=C(C)C)(C1CCCCC1)C1CCCCC1)(C1CCCCC1)C1CCCCC1. The Bertz CT molecular complexity index is 625. The molecule has 4 rings (SSSR count). The molecule has 0 saturated heterocycles. The van der Waals surface area contributed by atoms with Crippen LogP contribution in [0.4, 0.5) is 0 Å². The van der Waals surface area contributed by atoms with Crippen LogP contribution in [0.15, 0.2) is 23.3 Å². The zero-order valence-corrected chi connectivity index (χ0v) is 28.9. The van der Waals surface area contributed by atoms with Gasteiger partial charge in [0.15, 0.2) is 0 Å². The molecule has 4 aliphatic rings. The van der Waals surface area contributed by atoms with Gasteiger partial charge in [-0.25, -0.2) is 0 Å². The van der Waals surface area contributed by atoms with Gasteiger partial charge in [0.05, 0.1) is 0 Å². The summed E-state index contributed by atoms with van der Waals surface area (Å²) in [5, 5.41) is 0. The van der Waals surface area contributed by atoms with Crippen LogP contribution < -0.4 is 0 Å². The van der Waals surface area contributed by atoms with Gasteiger partial charge in [0.2, 0.25) is 0 Å². The van der Waals surface area contributed by atoms with E-state index in [2.05, 4.69) is 39.8 Å². The Morgan fingerprint density at radius 1 is 0.459 bits per heavy atom. The molecule has 0 heterocycles. The minimum absolute atomic E-state index is 1.16. The van der Waals surface area contributed by atoms with Crippen molar-refractivity contribution in [1.82, 2.24) is 0 Å². The van der Waals surface area contributed by atoms with Crippen molar-refractivity contribution >= 4 is 10.9 Å². The molecule has 0 aromatic carbocycles. The first-order valence-corrected chi connectivity index (χ1v) is 25.9. The van der Waals surface area contributed by atoms with Crippen molar-refractivity contribution in [2.75, 3.05) is 12.3 Å². The van der Waals surface area contributed by atoms with E-state index >= 15 is 0 Å². The topological polar surface area (TPSA) is 0 Å². The number of rotatable bonds is 10. The van der Waals surface area contributed by atoms with Crippen molar-refractivity contribution < 1.29 is 17.0 Å². The van der Waals surface area contributed by atoms with E-state index < -0.39 is 10.9 Å². The van der Waals surface area contributed by atoms with Gasteiger partial charge in [-0.05, 0) is 0 Å². The summed E-state index contributed by atoms with van der Waals surface area (Å²) in [7, 11) is 0. The maximum atomic E-state index is 2.83. The van der Waals surface area contributed by atoms with Crippen LogP contribution in [-0.2, 0) is 17.0 Å². The minimum atomic E-state index is -1.43. The molecule has 37 heavy (non-hydrogen) atoms. The van der Waals surface area contributed by atoms with E-state index in [1.165, 1.54) is 48.3 Å². The van der Waals surface area contributed by atoms with Crippen molar-refractivity contribution in [3.05, 3.63) is 23.3 Å². The summed E-state index contributed by atoms with van der Waals surface area (Å²) in [5.74, 6) is 0. The molecular weight excluding hydrogens is 577 g/mol. The van der Waals surface area contributed by atoms with Crippen LogP contribution in [0, 0.1) is 0 Å². The molecule has 0 aliphatic heterocycles. The molecule has 0 radical (unpaired) electrons. The van der Waals surface area contributed by atoms with E-state index in [9.17, 15) is 0 Å². The van der Waals surface area contributed by atoms with Crippen molar-refractivity contribution in [3.63, 3.8) is 0 Å². The van der Waals surface area contributed by atoms with Crippen LogP contribution in [0.5, 0.6) is 0 Å². The van der Waals surface area contributed by atoms with Gasteiger partial charge in [0.1, 0.15) is 0 Å². The third-order valence-electron chi connectivity index (χ3n) is 11.0. The second-order valence-electron chi connectivity index (χ2n) is 14.1. The summed E-state index contributed by atoms with van der Waals surface area (Å²) < 4.78 is 0. The molecule has 0 spiro atoms. The molecule has 0 aromatic heterocycles. The average molecular weight is 641 g/mol. The van der Waals surface area contributed by atoms with E-state index in [0.717, 1.165) is 17.0 Å². The summed E-state index contributed by atoms with van der Waals surface area (Å²) in [4.78, 5) is 0. The Balaban J connectivity index is 1.84. The van der Waals surface area contributed by atoms with E-state index in [1.54, 1.807) is 126 Å². The van der Waals surface area contributed by atoms with E-state index in [0.29, 0.717) is 0 Å². The van der Waals surface area contributed by atoms with E-state index in [-0.39, 0.29) is 0 Å². The average Bonchev–Trinajstić information content (AvgIpc) is 2.95. The molecule has 0 N–H and O–H groups in total. The maximum absolute atomic E-state index is 2.83. The van der Waals surface area contributed by atoms with Gasteiger partial charge in [-0.15, -0.1) is 0 Å². The van der Waals surface area contributed by atoms with Crippen molar-refractivity contribution in [2.45, 2.75) is 179 Å². The van der Waals surface area contributed by atoms with Crippen LogP contribution in [0.25, 0.3) is 0 Å². The summed E-state index contributed by atoms with van der Waals surface area (Å²) in [6.45, 7) is 9.68. The fraction of sp³-hybridized carbons (Fsp3) is 0.882. The van der Waals surface area contributed by atoms with Gasteiger partial charge in [-0.3, -0.25) is 0 Å². The van der Waals surface area contributed by atoms with Gasteiger partial charge in [0, 0.05) is 0 Å². The fourth-order valence-corrected chi connectivity index (χ4v) is 55.8. The second-order valence-corrected chi connectivity index (χ2v) is 34.5. The Morgan fingerprint density at radius 3 is 0.919 bits per heavy atom. The van der Waals surface area contributed by atoms with Gasteiger partial charge in [-0.1, -0.05) is 0 Å². The molecule has 4 aliphatic carbocycles. The summed E-state index contributed by atoms with van der Waals surface area (Å²) in [5.41, 5.74) is 5.07. The first-order chi connectivity index (χ1) is 18.0. The monoisotopic (exact) mass is 640 g/mol. The Labute approximate surface area is 241 Å². The molecule has 0 atom stereocenters. The molecule has 4 fully saturated rings. The predicted octanol–water partition coefficient (Wildman–Crippen LogP) is 11.7. The first-order valence-electron chi connectivity index (χ1n) is 16.8.